The number of halogens is 1. The highest BCUT2D eigenvalue weighted by atomic mass is 35.5. The van der Waals surface area contributed by atoms with Gasteiger partial charge in [-0.05, 0) is 25.5 Å². The zero-order chi connectivity index (χ0) is 13.8. The Bertz CT molecular complexity index is 582. The number of carbonyl (C=O) groups is 1. The first-order valence-corrected chi connectivity index (χ1v) is 7.27. The Kier molecular flexibility index (Phi) is 4.56. The molecule has 19 heavy (non-hydrogen) atoms. The lowest BCUT2D eigenvalue weighted by atomic mass is 10.1. The second-order valence-electron chi connectivity index (χ2n) is 4.35. The molecule has 1 atom stereocenters. The van der Waals surface area contributed by atoms with E-state index in [1.807, 2.05) is 43.5 Å². The molecule has 0 aliphatic heterocycles. The van der Waals surface area contributed by atoms with E-state index in [0.717, 1.165) is 16.3 Å². The summed E-state index contributed by atoms with van der Waals surface area (Å²) in [7, 11) is 0. The van der Waals surface area contributed by atoms with Gasteiger partial charge in [-0.2, -0.15) is 0 Å². The number of nitrogens with one attached hydrogen (secondary N) is 1. The number of aryl methyl sites for hydroxylation is 1. The largest absolute Gasteiger partial charge is 0.349 e. The molecular weight excluding hydrogens is 280 g/mol. The van der Waals surface area contributed by atoms with Gasteiger partial charge in [-0.15, -0.1) is 11.3 Å². The van der Waals surface area contributed by atoms with Crippen molar-refractivity contribution >= 4 is 28.8 Å². The minimum Gasteiger partial charge on any atom is -0.349 e. The van der Waals surface area contributed by atoms with Crippen molar-refractivity contribution in [3.05, 3.63) is 50.9 Å². The maximum atomic E-state index is 11.9. The highest BCUT2D eigenvalue weighted by Gasteiger charge is 2.13. The van der Waals surface area contributed by atoms with Crippen LogP contribution >= 0.6 is 22.9 Å². The van der Waals surface area contributed by atoms with Crippen LogP contribution in [0.3, 0.4) is 0 Å². The molecule has 1 aromatic heterocycles. The maximum Gasteiger partial charge on any atom is 0.226 e. The molecule has 1 unspecified atom stereocenters. The van der Waals surface area contributed by atoms with E-state index in [0.29, 0.717) is 11.4 Å². The van der Waals surface area contributed by atoms with Crippen LogP contribution in [0.1, 0.15) is 29.2 Å². The van der Waals surface area contributed by atoms with Gasteiger partial charge in [0.1, 0.15) is 0 Å². The number of thiazole rings is 1. The predicted octanol–water partition coefficient (Wildman–Crippen LogP) is 3.52. The Morgan fingerprint density at radius 2 is 2.21 bits per heavy atom. The van der Waals surface area contributed by atoms with E-state index >= 15 is 0 Å². The molecule has 1 aromatic carbocycles. The molecule has 0 saturated heterocycles. The molecule has 2 rings (SSSR count). The summed E-state index contributed by atoms with van der Waals surface area (Å²) in [4.78, 5) is 16.2. The van der Waals surface area contributed by atoms with Crippen molar-refractivity contribution in [3.63, 3.8) is 0 Å². The fourth-order valence-corrected chi connectivity index (χ4v) is 2.76. The van der Waals surface area contributed by atoms with Crippen LogP contribution in [0.2, 0.25) is 5.02 Å². The van der Waals surface area contributed by atoms with Crippen molar-refractivity contribution in [2.24, 2.45) is 0 Å². The molecule has 0 aliphatic carbocycles. The third-order valence-electron chi connectivity index (χ3n) is 2.76. The highest BCUT2D eigenvalue weighted by molar-refractivity contribution is 7.09. The van der Waals surface area contributed by atoms with Crippen molar-refractivity contribution in [2.45, 2.75) is 26.3 Å². The van der Waals surface area contributed by atoms with E-state index in [2.05, 4.69) is 10.3 Å². The Morgan fingerprint density at radius 3 is 2.84 bits per heavy atom. The fraction of sp³-hybridized carbons (Fsp3) is 0.286. The van der Waals surface area contributed by atoms with Crippen LogP contribution in [-0.2, 0) is 11.2 Å². The van der Waals surface area contributed by atoms with Gasteiger partial charge in [0.2, 0.25) is 5.91 Å². The molecule has 2 aromatic rings. The molecule has 0 bridgehead atoms. The molecule has 3 nitrogen and oxygen atoms in total. The van der Waals surface area contributed by atoms with Gasteiger partial charge in [0.05, 0.1) is 23.2 Å². The van der Waals surface area contributed by atoms with Crippen LogP contribution in [0.25, 0.3) is 0 Å². The lowest BCUT2D eigenvalue weighted by Crippen LogP contribution is -2.28. The monoisotopic (exact) mass is 294 g/mol. The summed E-state index contributed by atoms with van der Waals surface area (Å²) in [5, 5.41) is 6.49. The molecule has 0 spiro atoms. The zero-order valence-electron chi connectivity index (χ0n) is 10.8. The summed E-state index contributed by atoms with van der Waals surface area (Å²) in [5.74, 6) is -0.0438. The number of nitrogens with zero attached hydrogens (tertiary/aromatic N) is 1. The number of aromatic nitrogens is 1. The number of rotatable bonds is 4. The normalized spacial score (nSPS) is 12.2. The standard InChI is InChI=1S/C14H15ClN2OS/c1-9(12-5-3-4-6-13(12)15)16-14(18)7-11-8-19-10(2)17-11/h3-6,8-9H,7H2,1-2H3,(H,16,18). The van der Waals surface area contributed by atoms with Gasteiger partial charge >= 0.3 is 0 Å². The second kappa shape index (κ2) is 6.17. The quantitative estimate of drug-likeness (QED) is 0.937. The first kappa shape index (κ1) is 14.0. The summed E-state index contributed by atoms with van der Waals surface area (Å²) < 4.78 is 0. The molecule has 1 heterocycles. The molecular formula is C14H15ClN2OS. The Balaban J connectivity index is 1.97. The van der Waals surface area contributed by atoms with Gasteiger partial charge in [-0.25, -0.2) is 4.98 Å². The van der Waals surface area contributed by atoms with Crippen molar-refractivity contribution in [3.8, 4) is 0 Å². The predicted molar refractivity (Wildman–Crippen MR) is 78.6 cm³/mol. The SMILES string of the molecule is Cc1nc(CC(=O)NC(C)c2ccccc2Cl)cs1. The van der Waals surface area contributed by atoms with Crippen LogP contribution in [0.5, 0.6) is 0 Å². The highest BCUT2D eigenvalue weighted by Crippen LogP contribution is 2.22. The second-order valence-corrected chi connectivity index (χ2v) is 5.81. The van der Waals surface area contributed by atoms with Crippen molar-refractivity contribution in [1.82, 2.24) is 10.3 Å². The molecule has 0 aliphatic rings. The van der Waals surface area contributed by atoms with Gasteiger partial charge in [0.15, 0.2) is 0 Å². The van der Waals surface area contributed by atoms with Crippen LogP contribution < -0.4 is 5.32 Å². The van der Waals surface area contributed by atoms with Crippen molar-refractivity contribution in [1.29, 1.82) is 0 Å². The zero-order valence-corrected chi connectivity index (χ0v) is 12.4. The van der Waals surface area contributed by atoms with E-state index < -0.39 is 0 Å². The number of carbonyl (C=O) groups excluding carboxylic acids is 1. The number of benzene rings is 1. The lowest BCUT2D eigenvalue weighted by Gasteiger charge is -2.15. The van der Waals surface area contributed by atoms with Gasteiger partial charge < -0.3 is 5.32 Å². The number of hydrogen-bond donors (Lipinski definition) is 1. The first-order chi connectivity index (χ1) is 9.06. The van der Waals surface area contributed by atoms with E-state index in [1.165, 1.54) is 0 Å². The van der Waals surface area contributed by atoms with E-state index in [4.69, 9.17) is 11.6 Å². The van der Waals surface area contributed by atoms with Crippen LogP contribution in [0, 0.1) is 6.92 Å². The summed E-state index contributed by atoms with van der Waals surface area (Å²) in [6.45, 7) is 3.85. The van der Waals surface area contributed by atoms with Gasteiger partial charge in [0, 0.05) is 10.4 Å². The Hall–Kier alpha value is -1.39. The smallest absolute Gasteiger partial charge is 0.226 e. The summed E-state index contributed by atoms with van der Waals surface area (Å²) >= 11 is 7.66. The van der Waals surface area contributed by atoms with Gasteiger partial charge in [-0.1, -0.05) is 29.8 Å². The third kappa shape index (κ3) is 3.78. The van der Waals surface area contributed by atoms with Gasteiger partial charge in [-0.3, -0.25) is 4.79 Å². The topological polar surface area (TPSA) is 42.0 Å². The number of amides is 1. The lowest BCUT2D eigenvalue weighted by molar-refractivity contribution is -0.121. The first-order valence-electron chi connectivity index (χ1n) is 6.01. The average molecular weight is 295 g/mol. The molecule has 1 N–H and O–H groups in total. The molecule has 0 saturated carbocycles. The van der Waals surface area contributed by atoms with Crippen LogP contribution in [0.15, 0.2) is 29.6 Å². The van der Waals surface area contributed by atoms with E-state index in [-0.39, 0.29) is 11.9 Å². The average Bonchev–Trinajstić information content (AvgIpc) is 2.74. The molecule has 1 amide bonds. The molecule has 0 radical (unpaired) electrons. The fourth-order valence-electron chi connectivity index (χ4n) is 1.85. The van der Waals surface area contributed by atoms with Crippen LogP contribution in [-0.4, -0.2) is 10.9 Å². The Labute approximate surface area is 121 Å². The van der Waals surface area contributed by atoms with E-state index in [9.17, 15) is 4.79 Å². The number of hydrogen-bond acceptors (Lipinski definition) is 3. The minimum atomic E-state index is -0.110. The molecule has 0 fully saturated rings. The summed E-state index contributed by atoms with van der Waals surface area (Å²) in [6.07, 6.45) is 0.305. The van der Waals surface area contributed by atoms with Gasteiger partial charge in [0.25, 0.3) is 0 Å². The van der Waals surface area contributed by atoms with E-state index in [1.54, 1.807) is 11.3 Å². The summed E-state index contributed by atoms with van der Waals surface area (Å²) in [5.41, 5.74) is 1.73. The third-order valence-corrected chi connectivity index (χ3v) is 3.92. The molecule has 100 valence electrons. The van der Waals surface area contributed by atoms with Crippen molar-refractivity contribution < 1.29 is 4.79 Å². The molecule has 5 heteroatoms. The summed E-state index contributed by atoms with van der Waals surface area (Å²) in [6, 6.07) is 7.41. The van der Waals surface area contributed by atoms with Crippen LogP contribution in [0.4, 0.5) is 0 Å². The maximum absolute atomic E-state index is 11.9. The Morgan fingerprint density at radius 1 is 1.47 bits per heavy atom. The minimum absolute atomic E-state index is 0.0438. The van der Waals surface area contributed by atoms with Crippen molar-refractivity contribution in [2.75, 3.05) is 0 Å².